The summed E-state index contributed by atoms with van der Waals surface area (Å²) in [4.78, 5) is 13.5. The summed E-state index contributed by atoms with van der Waals surface area (Å²) in [6.07, 6.45) is -0.887. The Morgan fingerprint density at radius 1 is 0.750 bits per heavy atom. The van der Waals surface area contributed by atoms with Gasteiger partial charge in [-0.2, -0.15) is 0 Å². The van der Waals surface area contributed by atoms with Crippen LogP contribution in [0.2, 0.25) is 0 Å². The van der Waals surface area contributed by atoms with E-state index in [1.54, 1.807) is 50.2 Å². The fourth-order valence-electron chi connectivity index (χ4n) is 2.06. The summed E-state index contributed by atoms with van der Waals surface area (Å²) in [5, 5.41) is 0. The number of thioether (sulfide) groups is 2. The quantitative estimate of drug-likeness (QED) is 0.168. The Morgan fingerprint density at radius 3 is 1.39 bits per heavy atom. The van der Waals surface area contributed by atoms with Gasteiger partial charge >= 0.3 is 6.16 Å². The van der Waals surface area contributed by atoms with E-state index >= 15 is 0 Å². The molecule has 0 aromatic heterocycles. The van der Waals surface area contributed by atoms with Crippen LogP contribution < -0.4 is 9.47 Å². The highest BCUT2D eigenvalue weighted by molar-refractivity contribution is 8.05. The molecule has 0 bridgehead atoms. The average molecular weight is 541 g/mol. The van der Waals surface area contributed by atoms with E-state index in [1.165, 1.54) is 0 Å². The molecule has 0 aliphatic rings. The van der Waals surface area contributed by atoms with Crippen LogP contribution in [0.1, 0.15) is 11.1 Å². The number of carbonyl (C=O) groups is 1. The van der Waals surface area contributed by atoms with Gasteiger partial charge in [-0.15, -0.1) is 0 Å². The van der Waals surface area contributed by atoms with Crippen LogP contribution in [0.4, 0.5) is 4.79 Å². The van der Waals surface area contributed by atoms with E-state index in [4.69, 9.17) is 79.1 Å². The lowest BCUT2D eigenvalue weighted by atomic mass is 10.2. The van der Waals surface area contributed by atoms with Crippen LogP contribution in [0, 0.1) is 13.8 Å². The molecule has 0 saturated heterocycles. The summed E-state index contributed by atoms with van der Waals surface area (Å²) >= 11 is 36.8. The number of benzene rings is 2. The molecule has 0 atom stereocenters. The zero-order valence-corrected chi connectivity index (χ0v) is 20.4. The summed E-state index contributed by atoms with van der Waals surface area (Å²) in [7, 11) is 0. The number of aryl methyl sites for hydroxylation is 2. The summed E-state index contributed by atoms with van der Waals surface area (Å²) in [5.41, 5.74) is 1.57. The molecular formula is C17H12Cl6O3S2. The van der Waals surface area contributed by atoms with Crippen LogP contribution in [-0.2, 0) is 0 Å². The van der Waals surface area contributed by atoms with Crippen molar-refractivity contribution in [3.63, 3.8) is 0 Å². The molecule has 0 aliphatic heterocycles. The highest BCUT2D eigenvalue weighted by Crippen LogP contribution is 2.46. The van der Waals surface area contributed by atoms with Crippen LogP contribution in [0.5, 0.6) is 11.5 Å². The van der Waals surface area contributed by atoms with Crippen molar-refractivity contribution in [2.75, 3.05) is 0 Å². The zero-order valence-electron chi connectivity index (χ0n) is 14.3. The fourth-order valence-corrected chi connectivity index (χ4v) is 4.77. The maximum atomic E-state index is 12.1. The van der Waals surface area contributed by atoms with E-state index in [1.807, 2.05) is 0 Å². The number of alkyl halides is 6. The minimum absolute atomic E-state index is 0.302. The topological polar surface area (TPSA) is 35.5 Å². The number of hydrogen-bond acceptors (Lipinski definition) is 5. The Kier molecular flexibility index (Phi) is 8.70. The third-order valence-corrected chi connectivity index (χ3v) is 6.35. The van der Waals surface area contributed by atoms with Gasteiger partial charge in [-0.25, -0.2) is 4.79 Å². The van der Waals surface area contributed by atoms with Crippen LogP contribution in [0.3, 0.4) is 0 Å². The number of carbonyl (C=O) groups excluding carboxylic acids is 1. The van der Waals surface area contributed by atoms with Gasteiger partial charge in [0.15, 0.2) is 0 Å². The van der Waals surface area contributed by atoms with Gasteiger partial charge in [0, 0.05) is 9.79 Å². The first kappa shape index (κ1) is 24.4. The van der Waals surface area contributed by atoms with E-state index in [-0.39, 0.29) is 0 Å². The van der Waals surface area contributed by atoms with Crippen LogP contribution in [0.15, 0.2) is 46.2 Å². The van der Waals surface area contributed by atoms with Gasteiger partial charge in [0.25, 0.3) is 0 Å². The monoisotopic (exact) mass is 538 g/mol. The second-order valence-electron chi connectivity index (χ2n) is 5.40. The van der Waals surface area contributed by atoms with Crippen LogP contribution in [0.25, 0.3) is 0 Å². The van der Waals surface area contributed by atoms with Crippen molar-refractivity contribution < 1.29 is 14.3 Å². The van der Waals surface area contributed by atoms with E-state index < -0.39 is 12.4 Å². The minimum atomic E-state index is -1.48. The van der Waals surface area contributed by atoms with Crippen molar-refractivity contribution in [3.8, 4) is 11.5 Å². The summed E-state index contributed by atoms with van der Waals surface area (Å²) in [6, 6.07) is 9.84. The molecule has 0 aliphatic carbocycles. The molecule has 0 saturated carbocycles. The normalized spacial score (nSPS) is 12.0. The largest absolute Gasteiger partial charge is 0.519 e. The lowest BCUT2D eigenvalue weighted by molar-refractivity contribution is 0.152. The Morgan fingerprint density at radius 2 is 1.11 bits per heavy atom. The van der Waals surface area contributed by atoms with Crippen molar-refractivity contribution in [2.24, 2.45) is 0 Å². The maximum Gasteiger partial charge on any atom is 0.519 e. The average Bonchev–Trinajstić information content (AvgIpc) is 2.50. The third kappa shape index (κ3) is 8.49. The van der Waals surface area contributed by atoms with Gasteiger partial charge in [0.05, 0.1) is 0 Å². The van der Waals surface area contributed by atoms with Crippen LogP contribution >= 0.6 is 93.1 Å². The van der Waals surface area contributed by atoms with Crippen molar-refractivity contribution >= 4 is 99.3 Å². The summed E-state index contributed by atoms with van der Waals surface area (Å²) in [5.74, 6) is 0.604. The zero-order chi connectivity index (χ0) is 21.1. The van der Waals surface area contributed by atoms with Crippen molar-refractivity contribution in [1.29, 1.82) is 0 Å². The molecule has 0 fully saturated rings. The highest BCUT2D eigenvalue weighted by atomic mass is 35.6. The second kappa shape index (κ2) is 9.97. The number of ether oxygens (including phenoxy) is 2. The smallest absolute Gasteiger partial charge is 0.395 e. The molecule has 2 aromatic carbocycles. The van der Waals surface area contributed by atoms with Gasteiger partial charge in [-0.3, -0.25) is 0 Å². The Hall–Kier alpha value is 0.150. The predicted molar refractivity (Wildman–Crippen MR) is 121 cm³/mol. The lowest BCUT2D eigenvalue weighted by Crippen LogP contribution is -2.14. The van der Waals surface area contributed by atoms with Gasteiger partial charge in [-0.05, 0) is 61.4 Å². The van der Waals surface area contributed by atoms with E-state index in [0.717, 1.165) is 44.4 Å². The SMILES string of the molecule is Cc1cc(OC(=O)Oc2ccc(SC(Cl)(Cl)Cl)c(C)c2)ccc1SC(Cl)(Cl)Cl. The molecule has 0 radical (unpaired) electrons. The van der Waals surface area contributed by atoms with Crippen molar-refractivity contribution in [3.05, 3.63) is 47.5 Å². The molecule has 2 aromatic rings. The lowest BCUT2D eigenvalue weighted by Gasteiger charge is -2.14. The molecule has 11 heteroatoms. The molecule has 0 amide bonds. The first-order chi connectivity index (χ1) is 12.8. The van der Waals surface area contributed by atoms with E-state index in [2.05, 4.69) is 0 Å². The van der Waals surface area contributed by atoms with Gasteiger partial charge in [0.1, 0.15) is 11.5 Å². The summed E-state index contributed by atoms with van der Waals surface area (Å²) in [6.45, 7) is 3.61. The van der Waals surface area contributed by atoms with Crippen LogP contribution in [-0.4, -0.2) is 12.4 Å². The molecule has 152 valence electrons. The first-order valence-electron chi connectivity index (χ1n) is 7.45. The molecule has 2 rings (SSSR count). The maximum absolute atomic E-state index is 12.1. The number of halogens is 6. The molecule has 0 spiro atoms. The minimum Gasteiger partial charge on any atom is -0.395 e. The summed E-state index contributed by atoms with van der Waals surface area (Å²) < 4.78 is 7.43. The third-order valence-electron chi connectivity index (χ3n) is 3.15. The number of hydrogen-bond donors (Lipinski definition) is 0. The van der Waals surface area contributed by atoms with E-state index in [0.29, 0.717) is 11.5 Å². The van der Waals surface area contributed by atoms with E-state index in [9.17, 15) is 4.79 Å². The van der Waals surface area contributed by atoms with Gasteiger partial charge in [-0.1, -0.05) is 93.1 Å². The fraction of sp³-hybridized carbons (Fsp3) is 0.235. The second-order valence-corrected chi connectivity index (χ2v) is 13.8. The van der Waals surface area contributed by atoms with Gasteiger partial charge in [0.2, 0.25) is 6.25 Å². The molecular weight excluding hydrogens is 529 g/mol. The molecule has 3 nitrogen and oxygen atoms in total. The first-order valence-corrected chi connectivity index (χ1v) is 11.3. The Bertz CT molecular complexity index is 795. The predicted octanol–water partition coefficient (Wildman–Crippen LogP) is 8.72. The molecule has 0 N–H and O–H groups in total. The molecule has 0 heterocycles. The Balaban J connectivity index is 2.02. The highest BCUT2D eigenvalue weighted by Gasteiger charge is 2.23. The molecule has 0 unspecified atom stereocenters. The van der Waals surface area contributed by atoms with Gasteiger partial charge < -0.3 is 9.47 Å². The van der Waals surface area contributed by atoms with Crippen molar-refractivity contribution in [1.82, 2.24) is 0 Å². The standard InChI is InChI=1S/C17H12Cl6O3S2/c1-9-7-11(3-5-13(9)27-16(18,19)20)25-15(24)26-12-4-6-14(10(2)8-12)28-17(21,22)23/h3-8H,1-2H3. The number of rotatable bonds is 4. The van der Waals surface area contributed by atoms with Crippen molar-refractivity contribution in [2.45, 2.75) is 29.9 Å². The molecule has 28 heavy (non-hydrogen) atoms. The Labute approximate surface area is 201 Å².